The smallest absolute Gasteiger partial charge is 0.323 e. The Morgan fingerprint density at radius 1 is 1.50 bits per heavy atom. The molecule has 1 aromatic carbocycles. The van der Waals surface area contributed by atoms with Gasteiger partial charge in [-0.1, -0.05) is 37.6 Å². The Morgan fingerprint density at radius 3 is 2.89 bits per heavy atom. The zero-order valence-corrected chi connectivity index (χ0v) is 11.1. The summed E-state index contributed by atoms with van der Waals surface area (Å²) in [6.45, 7) is 3.81. The highest BCUT2D eigenvalue weighted by Gasteiger charge is 2.36. The molecule has 2 atom stereocenters. The van der Waals surface area contributed by atoms with Crippen molar-refractivity contribution < 1.29 is 9.90 Å². The monoisotopic (exact) mass is 247 g/mol. The number of carbonyl (C=O) groups is 1. The molecule has 0 radical (unpaired) electrons. The van der Waals surface area contributed by atoms with Crippen molar-refractivity contribution in [3.8, 4) is 0 Å². The fourth-order valence-corrected chi connectivity index (χ4v) is 2.83. The van der Waals surface area contributed by atoms with Gasteiger partial charge in [0.1, 0.15) is 5.54 Å². The van der Waals surface area contributed by atoms with E-state index in [0.29, 0.717) is 6.42 Å². The van der Waals surface area contributed by atoms with Gasteiger partial charge < -0.3 is 5.11 Å². The fourth-order valence-electron chi connectivity index (χ4n) is 2.83. The van der Waals surface area contributed by atoms with Crippen LogP contribution in [0, 0.1) is 0 Å². The van der Waals surface area contributed by atoms with Crippen LogP contribution in [0.25, 0.3) is 0 Å². The molecule has 2 unspecified atom stereocenters. The maximum Gasteiger partial charge on any atom is 0.323 e. The molecule has 1 aliphatic carbocycles. The van der Waals surface area contributed by atoms with Crippen LogP contribution >= 0.6 is 0 Å². The zero-order chi connectivity index (χ0) is 13.2. The van der Waals surface area contributed by atoms with Crippen LogP contribution in [0.3, 0.4) is 0 Å². The largest absolute Gasteiger partial charge is 0.480 e. The SMILES string of the molecule is CCCC(C)(NC1CCc2ccccc21)C(=O)O. The van der Waals surface area contributed by atoms with E-state index in [1.807, 2.05) is 19.1 Å². The molecule has 0 amide bonds. The highest BCUT2D eigenvalue weighted by molar-refractivity contribution is 5.78. The Hall–Kier alpha value is -1.35. The lowest BCUT2D eigenvalue weighted by Crippen LogP contribution is -2.50. The quantitative estimate of drug-likeness (QED) is 0.841. The summed E-state index contributed by atoms with van der Waals surface area (Å²) in [5, 5.41) is 12.8. The molecule has 2 rings (SSSR count). The molecule has 0 aromatic heterocycles. The van der Waals surface area contributed by atoms with Crippen molar-refractivity contribution >= 4 is 5.97 Å². The van der Waals surface area contributed by atoms with E-state index >= 15 is 0 Å². The van der Waals surface area contributed by atoms with Gasteiger partial charge in [-0.15, -0.1) is 0 Å². The third kappa shape index (κ3) is 2.41. The number of aliphatic carboxylic acids is 1. The first kappa shape index (κ1) is 13.1. The summed E-state index contributed by atoms with van der Waals surface area (Å²) in [5.41, 5.74) is 1.79. The van der Waals surface area contributed by atoms with Crippen LogP contribution in [0.1, 0.15) is 50.3 Å². The molecule has 0 aliphatic heterocycles. The van der Waals surface area contributed by atoms with E-state index in [2.05, 4.69) is 17.4 Å². The number of hydrogen-bond donors (Lipinski definition) is 2. The van der Waals surface area contributed by atoms with E-state index in [4.69, 9.17) is 0 Å². The third-order valence-corrected chi connectivity index (χ3v) is 3.85. The molecule has 0 fully saturated rings. The van der Waals surface area contributed by atoms with Crippen LogP contribution in [-0.2, 0) is 11.2 Å². The summed E-state index contributed by atoms with van der Waals surface area (Å²) < 4.78 is 0. The number of benzene rings is 1. The van der Waals surface area contributed by atoms with Crippen LogP contribution < -0.4 is 5.32 Å². The van der Waals surface area contributed by atoms with Gasteiger partial charge in [-0.25, -0.2) is 0 Å². The number of nitrogens with one attached hydrogen (secondary N) is 1. The highest BCUT2D eigenvalue weighted by Crippen LogP contribution is 2.33. The summed E-state index contributed by atoms with van der Waals surface area (Å²) in [6.07, 6.45) is 3.55. The molecule has 0 spiro atoms. The van der Waals surface area contributed by atoms with Crippen molar-refractivity contribution in [3.63, 3.8) is 0 Å². The van der Waals surface area contributed by atoms with E-state index < -0.39 is 11.5 Å². The predicted octanol–water partition coefficient (Wildman–Crippen LogP) is 2.91. The first-order valence-corrected chi connectivity index (χ1v) is 6.65. The number of rotatable bonds is 5. The Morgan fingerprint density at radius 2 is 2.22 bits per heavy atom. The summed E-state index contributed by atoms with van der Waals surface area (Å²) in [7, 11) is 0. The maximum atomic E-state index is 11.4. The van der Waals surface area contributed by atoms with Gasteiger partial charge in [0.15, 0.2) is 0 Å². The maximum absolute atomic E-state index is 11.4. The zero-order valence-electron chi connectivity index (χ0n) is 11.1. The van der Waals surface area contributed by atoms with Crippen molar-refractivity contribution in [1.29, 1.82) is 0 Å². The average molecular weight is 247 g/mol. The molecule has 0 saturated heterocycles. The van der Waals surface area contributed by atoms with Gasteiger partial charge in [-0.05, 0) is 37.3 Å². The Bertz CT molecular complexity index is 444. The molecule has 98 valence electrons. The Balaban J connectivity index is 2.17. The van der Waals surface area contributed by atoms with Crippen molar-refractivity contribution in [1.82, 2.24) is 5.32 Å². The van der Waals surface area contributed by atoms with Gasteiger partial charge >= 0.3 is 5.97 Å². The van der Waals surface area contributed by atoms with Crippen molar-refractivity contribution in [3.05, 3.63) is 35.4 Å². The van der Waals surface area contributed by atoms with Gasteiger partial charge in [-0.2, -0.15) is 0 Å². The molecular weight excluding hydrogens is 226 g/mol. The van der Waals surface area contributed by atoms with Gasteiger partial charge in [0.2, 0.25) is 0 Å². The number of aryl methyl sites for hydroxylation is 1. The lowest BCUT2D eigenvalue weighted by atomic mass is 9.94. The second kappa shape index (κ2) is 5.11. The highest BCUT2D eigenvalue weighted by atomic mass is 16.4. The number of fused-ring (bicyclic) bond motifs is 1. The first-order valence-electron chi connectivity index (χ1n) is 6.65. The molecule has 1 aromatic rings. The minimum Gasteiger partial charge on any atom is -0.480 e. The predicted molar refractivity (Wildman–Crippen MR) is 71.6 cm³/mol. The molecule has 1 aliphatic rings. The number of hydrogen-bond acceptors (Lipinski definition) is 2. The lowest BCUT2D eigenvalue weighted by molar-refractivity contribution is -0.144. The number of carboxylic acids is 1. The van der Waals surface area contributed by atoms with Crippen LogP contribution in [0.5, 0.6) is 0 Å². The summed E-state index contributed by atoms with van der Waals surface area (Å²) in [4.78, 5) is 11.4. The molecule has 18 heavy (non-hydrogen) atoms. The third-order valence-electron chi connectivity index (χ3n) is 3.85. The van der Waals surface area contributed by atoms with Crippen LogP contribution in [-0.4, -0.2) is 16.6 Å². The van der Waals surface area contributed by atoms with Gasteiger partial charge in [-0.3, -0.25) is 10.1 Å². The van der Waals surface area contributed by atoms with E-state index in [1.54, 1.807) is 6.92 Å². The normalized spacial score (nSPS) is 21.3. The minimum atomic E-state index is -0.823. The summed E-state index contributed by atoms with van der Waals surface area (Å²) in [5.74, 6) is -0.756. The van der Waals surface area contributed by atoms with Crippen molar-refractivity contribution in [2.75, 3.05) is 0 Å². The molecular formula is C15H21NO2. The molecule has 3 nitrogen and oxygen atoms in total. The average Bonchev–Trinajstić information content (AvgIpc) is 2.73. The second-order valence-corrected chi connectivity index (χ2v) is 5.32. The van der Waals surface area contributed by atoms with E-state index in [0.717, 1.165) is 19.3 Å². The van der Waals surface area contributed by atoms with Gasteiger partial charge in [0, 0.05) is 6.04 Å². The molecule has 0 bridgehead atoms. The number of carboxylic acid groups (broad SMARTS) is 1. The molecule has 2 N–H and O–H groups in total. The second-order valence-electron chi connectivity index (χ2n) is 5.32. The summed E-state index contributed by atoms with van der Waals surface area (Å²) in [6, 6.07) is 8.48. The fraction of sp³-hybridized carbons (Fsp3) is 0.533. The van der Waals surface area contributed by atoms with E-state index in [9.17, 15) is 9.90 Å². The van der Waals surface area contributed by atoms with Crippen LogP contribution in [0.2, 0.25) is 0 Å². The topological polar surface area (TPSA) is 49.3 Å². The van der Waals surface area contributed by atoms with Gasteiger partial charge in [0.05, 0.1) is 0 Å². The van der Waals surface area contributed by atoms with E-state index in [-0.39, 0.29) is 6.04 Å². The van der Waals surface area contributed by atoms with Gasteiger partial charge in [0.25, 0.3) is 0 Å². The lowest BCUT2D eigenvalue weighted by Gasteiger charge is -2.30. The molecule has 3 heteroatoms. The first-order chi connectivity index (χ1) is 8.57. The molecule has 0 saturated carbocycles. The Labute approximate surface area is 108 Å². The van der Waals surface area contributed by atoms with Crippen molar-refractivity contribution in [2.45, 2.75) is 51.1 Å². The van der Waals surface area contributed by atoms with Crippen molar-refractivity contribution in [2.24, 2.45) is 0 Å². The van der Waals surface area contributed by atoms with E-state index in [1.165, 1.54) is 11.1 Å². The van der Waals surface area contributed by atoms with Crippen LogP contribution in [0.4, 0.5) is 0 Å². The minimum absolute atomic E-state index is 0.175. The Kier molecular flexibility index (Phi) is 3.71. The summed E-state index contributed by atoms with van der Waals surface area (Å²) >= 11 is 0. The van der Waals surface area contributed by atoms with Crippen LogP contribution in [0.15, 0.2) is 24.3 Å². The standard InChI is InChI=1S/C15H21NO2/c1-3-10-15(2,14(17)18)16-13-9-8-11-6-4-5-7-12(11)13/h4-7,13,16H,3,8-10H2,1-2H3,(H,17,18). The molecule has 0 heterocycles.